The zero-order valence-corrected chi connectivity index (χ0v) is 12.4. The van der Waals surface area contributed by atoms with Crippen LogP contribution in [0.4, 0.5) is 5.69 Å². The second-order valence-corrected chi connectivity index (χ2v) is 5.14. The summed E-state index contributed by atoms with van der Waals surface area (Å²) >= 11 is 12.0. The Morgan fingerprint density at radius 1 is 1.20 bits per heavy atom. The lowest BCUT2D eigenvalue weighted by molar-refractivity contribution is 0.192. The molecular weight excluding hydrogens is 297 g/mol. The van der Waals surface area contributed by atoms with Crippen LogP contribution in [0.25, 0.3) is 0 Å². The molecule has 0 aliphatic rings. The Hall–Kier alpha value is -1.42. The van der Waals surface area contributed by atoms with E-state index in [2.05, 4.69) is 5.32 Å². The zero-order chi connectivity index (χ0) is 14.5. The van der Waals surface area contributed by atoms with Crippen molar-refractivity contribution >= 4 is 28.9 Å². The van der Waals surface area contributed by atoms with Crippen molar-refractivity contribution in [3.8, 4) is 5.75 Å². The van der Waals surface area contributed by atoms with Crippen LogP contribution in [0.3, 0.4) is 0 Å². The molecule has 1 atom stereocenters. The van der Waals surface area contributed by atoms with Crippen LogP contribution in [0.1, 0.15) is 11.7 Å². The second kappa shape index (κ2) is 6.84. The van der Waals surface area contributed by atoms with Crippen LogP contribution in [-0.4, -0.2) is 18.8 Å². The molecule has 0 saturated carbocycles. The average molecular weight is 312 g/mol. The second-order valence-electron chi connectivity index (χ2n) is 4.29. The molecular formula is C15H15Cl2NO2. The lowest BCUT2D eigenvalue weighted by atomic mass is 10.1. The van der Waals surface area contributed by atoms with E-state index in [1.54, 1.807) is 25.3 Å². The molecule has 0 saturated heterocycles. The Labute approximate surface area is 128 Å². The number of hydrogen-bond donors (Lipinski definition) is 2. The van der Waals surface area contributed by atoms with E-state index < -0.39 is 6.10 Å². The normalized spacial score (nSPS) is 12.0. The van der Waals surface area contributed by atoms with E-state index in [0.717, 1.165) is 11.4 Å². The summed E-state index contributed by atoms with van der Waals surface area (Å²) in [6, 6.07) is 12.5. The van der Waals surface area contributed by atoms with Crippen LogP contribution in [-0.2, 0) is 0 Å². The molecule has 106 valence electrons. The minimum Gasteiger partial charge on any atom is -0.497 e. The van der Waals surface area contributed by atoms with E-state index >= 15 is 0 Å². The summed E-state index contributed by atoms with van der Waals surface area (Å²) in [4.78, 5) is 0. The van der Waals surface area contributed by atoms with Gasteiger partial charge in [0, 0.05) is 33.9 Å². The number of aliphatic hydroxyl groups excluding tert-OH is 1. The molecule has 0 heterocycles. The average Bonchev–Trinajstić information content (AvgIpc) is 2.47. The Kier molecular flexibility index (Phi) is 5.12. The number of benzene rings is 2. The van der Waals surface area contributed by atoms with Gasteiger partial charge in [0.05, 0.1) is 13.2 Å². The Morgan fingerprint density at radius 3 is 2.75 bits per heavy atom. The number of hydrogen-bond acceptors (Lipinski definition) is 3. The molecule has 0 amide bonds. The molecule has 0 aromatic heterocycles. The molecule has 0 fully saturated rings. The fourth-order valence-corrected chi connectivity index (χ4v) is 2.25. The van der Waals surface area contributed by atoms with Crippen molar-refractivity contribution in [1.29, 1.82) is 0 Å². The van der Waals surface area contributed by atoms with Gasteiger partial charge in [0.15, 0.2) is 0 Å². The van der Waals surface area contributed by atoms with Crippen molar-refractivity contribution in [1.82, 2.24) is 0 Å². The third-order valence-corrected chi connectivity index (χ3v) is 3.47. The summed E-state index contributed by atoms with van der Waals surface area (Å²) in [7, 11) is 1.61. The molecule has 2 rings (SSSR count). The van der Waals surface area contributed by atoms with E-state index in [1.165, 1.54) is 0 Å². The number of ether oxygens (including phenoxy) is 1. The number of anilines is 1. The van der Waals surface area contributed by atoms with Gasteiger partial charge in [0.2, 0.25) is 0 Å². The first-order valence-electron chi connectivity index (χ1n) is 6.11. The maximum absolute atomic E-state index is 10.2. The number of rotatable bonds is 5. The molecule has 5 heteroatoms. The minimum absolute atomic E-state index is 0.327. The highest BCUT2D eigenvalue weighted by Gasteiger charge is 2.12. The largest absolute Gasteiger partial charge is 0.497 e. The first kappa shape index (κ1) is 15.0. The maximum atomic E-state index is 10.2. The van der Waals surface area contributed by atoms with Gasteiger partial charge in [-0.15, -0.1) is 0 Å². The summed E-state index contributed by atoms with van der Waals surface area (Å²) in [5.41, 5.74) is 1.47. The highest BCUT2D eigenvalue weighted by atomic mass is 35.5. The third-order valence-electron chi connectivity index (χ3n) is 2.89. The van der Waals surface area contributed by atoms with Gasteiger partial charge < -0.3 is 15.2 Å². The number of aliphatic hydroxyl groups is 1. The van der Waals surface area contributed by atoms with Crippen molar-refractivity contribution < 1.29 is 9.84 Å². The predicted molar refractivity (Wildman–Crippen MR) is 82.9 cm³/mol. The lowest BCUT2D eigenvalue weighted by Crippen LogP contribution is -2.12. The quantitative estimate of drug-likeness (QED) is 0.871. The first-order valence-corrected chi connectivity index (χ1v) is 6.86. The van der Waals surface area contributed by atoms with E-state index in [0.29, 0.717) is 22.2 Å². The Morgan fingerprint density at radius 2 is 2.00 bits per heavy atom. The van der Waals surface area contributed by atoms with Crippen LogP contribution in [0.15, 0.2) is 42.5 Å². The Balaban J connectivity index is 2.04. The predicted octanol–water partition coefficient (Wildman–Crippen LogP) is 4.15. The van der Waals surface area contributed by atoms with Crippen LogP contribution < -0.4 is 10.1 Å². The van der Waals surface area contributed by atoms with Crippen molar-refractivity contribution in [3.63, 3.8) is 0 Å². The molecule has 1 unspecified atom stereocenters. The van der Waals surface area contributed by atoms with Gasteiger partial charge in [-0.2, -0.15) is 0 Å². The van der Waals surface area contributed by atoms with Crippen LogP contribution in [0, 0.1) is 0 Å². The van der Waals surface area contributed by atoms with Gasteiger partial charge in [-0.3, -0.25) is 0 Å². The van der Waals surface area contributed by atoms with E-state index in [1.807, 2.05) is 24.3 Å². The molecule has 2 N–H and O–H groups in total. The van der Waals surface area contributed by atoms with Gasteiger partial charge in [0.25, 0.3) is 0 Å². The Bertz CT molecular complexity index is 590. The van der Waals surface area contributed by atoms with Gasteiger partial charge in [0.1, 0.15) is 5.75 Å². The van der Waals surface area contributed by atoms with Crippen molar-refractivity contribution in [2.45, 2.75) is 6.10 Å². The molecule has 0 radical (unpaired) electrons. The highest BCUT2D eigenvalue weighted by molar-refractivity contribution is 6.33. The van der Waals surface area contributed by atoms with Crippen LogP contribution >= 0.6 is 23.2 Å². The number of methoxy groups -OCH3 is 1. The number of halogens is 2. The highest BCUT2D eigenvalue weighted by Crippen LogP contribution is 2.27. The smallest absolute Gasteiger partial charge is 0.120 e. The molecule has 3 nitrogen and oxygen atoms in total. The van der Waals surface area contributed by atoms with Gasteiger partial charge >= 0.3 is 0 Å². The monoisotopic (exact) mass is 311 g/mol. The van der Waals surface area contributed by atoms with E-state index in [-0.39, 0.29) is 0 Å². The first-order chi connectivity index (χ1) is 9.60. The fourth-order valence-electron chi connectivity index (χ4n) is 1.83. The van der Waals surface area contributed by atoms with Gasteiger partial charge in [-0.1, -0.05) is 29.3 Å². The van der Waals surface area contributed by atoms with Crippen molar-refractivity contribution in [2.75, 3.05) is 19.0 Å². The molecule has 2 aromatic carbocycles. The standard InChI is InChI=1S/C15H15Cl2NO2/c1-20-12-4-2-3-11(8-12)18-9-15(19)13-7-10(16)5-6-14(13)17/h2-8,15,18-19H,9H2,1H3. The minimum atomic E-state index is -0.743. The topological polar surface area (TPSA) is 41.5 Å². The van der Waals surface area contributed by atoms with E-state index in [4.69, 9.17) is 27.9 Å². The third kappa shape index (κ3) is 3.79. The fraction of sp³-hybridized carbons (Fsp3) is 0.200. The molecule has 2 aromatic rings. The van der Waals surface area contributed by atoms with Crippen LogP contribution in [0.5, 0.6) is 5.75 Å². The van der Waals surface area contributed by atoms with Gasteiger partial charge in [-0.05, 0) is 30.3 Å². The molecule has 0 bridgehead atoms. The summed E-state index contributed by atoms with van der Waals surface area (Å²) < 4.78 is 5.14. The number of nitrogens with one attached hydrogen (secondary N) is 1. The maximum Gasteiger partial charge on any atom is 0.120 e. The SMILES string of the molecule is COc1cccc(NCC(O)c2cc(Cl)ccc2Cl)c1. The molecule has 20 heavy (non-hydrogen) atoms. The summed E-state index contributed by atoms with van der Waals surface area (Å²) in [5.74, 6) is 0.755. The molecule has 0 aliphatic heterocycles. The van der Waals surface area contributed by atoms with Gasteiger partial charge in [-0.25, -0.2) is 0 Å². The van der Waals surface area contributed by atoms with E-state index in [9.17, 15) is 5.11 Å². The molecule has 0 spiro atoms. The van der Waals surface area contributed by atoms with Crippen molar-refractivity contribution in [3.05, 3.63) is 58.1 Å². The van der Waals surface area contributed by atoms with Crippen LogP contribution in [0.2, 0.25) is 10.0 Å². The zero-order valence-electron chi connectivity index (χ0n) is 10.9. The lowest BCUT2D eigenvalue weighted by Gasteiger charge is -2.15. The summed E-state index contributed by atoms with van der Waals surface area (Å²) in [6.45, 7) is 0.327. The molecule has 0 aliphatic carbocycles. The summed E-state index contributed by atoms with van der Waals surface area (Å²) in [5, 5.41) is 14.4. The summed E-state index contributed by atoms with van der Waals surface area (Å²) in [6.07, 6.45) is -0.743. The van der Waals surface area contributed by atoms with Crippen molar-refractivity contribution in [2.24, 2.45) is 0 Å².